The third-order valence-corrected chi connectivity index (χ3v) is 3.54. The van der Waals surface area contributed by atoms with Crippen LogP contribution in [0.3, 0.4) is 0 Å². The van der Waals surface area contributed by atoms with Crippen molar-refractivity contribution in [2.45, 2.75) is 82.3 Å². The van der Waals surface area contributed by atoms with Gasteiger partial charge < -0.3 is 10.6 Å². The topological polar surface area (TPSA) is 58.2 Å². The van der Waals surface area contributed by atoms with E-state index in [1.165, 1.54) is 0 Å². The van der Waals surface area contributed by atoms with Gasteiger partial charge in [-0.2, -0.15) is 0 Å². The van der Waals surface area contributed by atoms with E-state index in [1.807, 2.05) is 13.8 Å². The zero-order valence-electron chi connectivity index (χ0n) is 14.5. The summed E-state index contributed by atoms with van der Waals surface area (Å²) >= 11 is 0.500. The van der Waals surface area contributed by atoms with Crippen molar-refractivity contribution >= 4 is 11.8 Å². The van der Waals surface area contributed by atoms with Crippen molar-refractivity contribution < 1.29 is 28.7 Å². The predicted molar refractivity (Wildman–Crippen MR) is 83.8 cm³/mol. The molecule has 2 atom stereocenters. The Morgan fingerprint density at radius 2 is 1.33 bits per heavy atom. The summed E-state index contributed by atoms with van der Waals surface area (Å²) in [6.45, 7) is 8.12. The van der Waals surface area contributed by atoms with Crippen LogP contribution < -0.4 is 10.6 Å². The number of carbonyl (C=O) groups excluding carboxylic acids is 2. The molecule has 2 amide bonds. The molecule has 1 aliphatic carbocycles. The molecule has 0 saturated heterocycles. The van der Waals surface area contributed by atoms with E-state index >= 15 is 0 Å². The quantitative estimate of drug-likeness (QED) is 0.777. The van der Waals surface area contributed by atoms with Crippen molar-refractivity contribution in [3.8, 4) is 0 Å². The third kappa shape index (κ3) is 9.31. The zero-order valence-corrected chi connectivity index (χ0v) is 16.1. The van der Waals surface area contributed by atoms with E-state index in [1.54, 1.807) is 0 Å². The molecule has 0 aromatic rings. The zero-order chi connectivity index (χ0) is 16.5. The number of hydrogen-bond donors (Lipinski definition) is 2. The maximum absolute atomic E-state index is 11.5. The molecule has 122 valence electrons. The number of nitrogens with one attached hydrogen (secondary N) is 2. The number of carbonyl (C=O) groups is 2. The first-order valence-corrected chi connectivity index (χ1v) is 11.1. The van der Waals surface area contributed by atoms with Crippen LogP contribution in [0.4, 0.5) is 0 Å². The molecule has 0 aromatic carbocycles. The first kappa shape index (κ1) is 20.7. The van der Waals surface area contributed by atoms with Crippen molar-refractivity contribution in [3.63, 3.8) is 0 Å². The van der Waals surface area contributed by atoms with Crippen molar-refractivity contribution in [1.82, 2.24) is 10.6 Å². The molecule has 4 nitrogen and oxygen atoms in total. The van der Waals surface area contributed by atoms with Gasteiger partial charge in [0, 0.05) is 24.9 Å². The Labute approximate surface area is 139 Å². The summed E-state index contributed by atoms with van der Waals surface area (Å²) < 4.78 is 0. The fraction of sp³-hybridized carbons (Fsp3) is 0.875. The van der Waals surface area contributed by atoms with Crippen LogP contribution in [-0.4, -0.2) is 23.9 Å². The number of hydrogen-bond acceptors (Lipinski definition) is 2. The van der Waals surface area contributed by atoms with Gasteiger partial charge in [0.1, 0.15) is 0 Å². The van der Waals surface area contributed by atoms with E-state index < -0.39 is 0 Å². The van der Waals surface area contributed by atoms with Gasteiger partial charge in [-0.15, -0.1) is 0 Å². The summed E-state index contributed by atoms with van der Waals surface area (Å²) in [6.07, 6.45) is 3.85. The molecule has 1 fully saturated rings. The molecule has 0 aromatic heterocycles. The molecule has 21 heavy (non-hydrogen) atoms. The maximum atomic E-state index is 11.5. The second-order valence-corrected chi connectivity index (χ2v) is 8.11. The van der Waals surface area contributed by atoms with Gasteiger partial charge in [0.15, 0.2) is 0 Å². The molecule has 0 bridgehead atoms. The van der Waals surface area contributed by atoms with Crippen molar-refractivity contribution in [3.05, 3.63) is 0 Å². The monoisotopic (exact) mass is 332 g/mol. The van der Waals surface area contributed by atoms with Crippen LogP contribution in [-0.2, 0) is 28.7 Å². The van der Waals surface area contributed by atoms with Crippen LogP contribution in [0.25, 0.3) is 0 Å². The fourth-order valence-electron chi connectivity index (χ4n) is 2.81. The normalized spacial score (nSPS) is 23.3. The van der Waals surface area contributed by atoms with E-state index in [9.17, 15) is 9.59 Å². The summed E-state index contributed by atoms with van der Waals surface area (Å²) in [5.74, 6) is 0.191. The van der Waals surface area contributed by atoms with Crippen LogP contribution in [0.1, 0.15) is 59.8 Å². The standard InChI is InChI=1S/C14H26N2O2.2CH3.Ti/c1-5-12(17)15-10-7-11(16-13(18)6-2)9-14(3,4)8-10;;;/h10-11H,5-9H2,1-4H3,(H,15,17)(H,16,18);2*1H3;. The van der Waals surface area contributed by atoms with E-state index in [0.717, 1.165) is 19.3 Å². The van der Waals surface area contributed by atoms with Gasteiger partial charge in [0.05, 0.1) is 0 Å². The first-order chi connectivity index (χ1) is 9.77. The molecule has 1 aliphatic rings. The number of amides is 2. The van der Waals surface area contributed by atoms with Crippen molar-refractivity contribution in [2.24, 2.45) is 5.41 Å². The van der Waals surface area contributed by atoms with E-state index in [2.05, 4.69) is 34.9 Å². The van der Waals surface area contributed by atoms with Crippen molar-refractivity contribution in [1.29, 1.82) is 0 Å². The molecule has 0 spiro atoms. The second-order valence-electron chi connectivity index (χ2n) is 6.54. The molecule has 2 unspecified atom stereocenters. The molecular formula is C16H32N2O2Ti. The Bertz CT molecular complexity index is 304. The van der Waals surface area contributed by atoms with Gasteiger partial charge in [-0.05, 0) is 24.7 Å². The summed E-state index contributed by atoms with van der Waals surface area (Å²) in [7, 11) is 0. The second kappa shape index (κ2) is 10.4. The van der Waals surface area contributed by atoms with Gasteiger partial charge in [0.2, 0.25) is 11.8 Å². The minimum absolute atomic E-state index is 0.0956. The summed E-state index contributed by atoms with van der Waals surface area (Å²) in [6, 6.07) is 0.367. The SMILES string of the molecule is CCC(=O)NC1CC(NC(=O)CC)CC(C)(C)C1.[CH3][Ti][CH3]. The van der Waals surface area contributed by atoms with E-state index in [4.69, 9.17) is 0 Å². The molecule has 0 radical (unpaired) electrons. The van der Waals surface area contributed by atoms with Crippen LogP contribution in [0.2, 0.25) is 10.5 Å². The average Bonchev–Trinajstić information content (AvgIpc) is 2.37. The molecule has 0 aliphatic heterocycles. The third-order valence-electron chi connectivity index (χ3n) is 3.54. The summed E-state index contributed by atoms with van der Waals surface area (Å²) in [5, 5.41) is 10.6. The van der Waals surface area contributed by atoms with Gasteiger partial charge in [-0.1, -0.05) is 27.7 Å². The molecule has 0 heterocycles. The summed E-state index contributed by atoms with van der Waals surface area (Å²) in [4.78, 5) is 23.0. The average molecular weight is 332 g/mol. The Kier molecular flexibility index (Phi) is 10.2. The predicted octanol–water partition coefficient (Wildman–Crippen LogP) is 3.15. The van der Waals surface area contributed by atoms with E-state index in [0.29, 0.717) is 32.0 Å². The van der Waals surface area contributed by atoms with E-state index in [-0.39, 0.29) is 29.3 Å². The van der Waals surface area contributed by atoms with Crippen LogP contribution in [0, 0.1) is 5.41 Å². The Morgan fingerprint density at radius 3 is 1.62 bits per heavy atom. The molecule has 1 rings (SSSR count). The number of rotatable bonds is 4. The van der Waals surface area contributed by atoms with Gasteiger partial charge in [-0.25, -0.2) is 0 Å². The Balaban J connectivity index is 0.00000122. The Hall–Kier alpha value is -0.346. The van der Waals surface area contributed by atoms with Gasteiger partial charge in [0.25, 0.3) is 0 Å². The summed E-state index contributed by atoms with van der Waals surface area (Å²) in [5.41, 5.74) is 0.162. The first-order valence-electron chi connectivity index (χ1n) is 7.95. The van der Waals surface area contributed by atoms with Crippen LogP contribution in [0.15, 0.2) is 0 Å². The molecule has 5 heteroatoms. The molecular weight excluding hydrogens is 300 g/mol. The molecule has 2 N–H and O–H groups in total. The van der Waals surface area contributed by atoms with Crippen molar-refractivity contribution in [2.75, 3.05) is 0 Å². The molecule has 1 saturated carbocycles. The van der Waals surface area contributed by atoms with Crippen LogP contribution in [0.5, 0.6) is 0 Å². The van der Waals surface area contributed by atoms with Crippen LogP contribution >= 0.6 is 0 Å². The Morgan fingerprint density at radius 1 is 1.00 bits per heavy atom. The van der Waals surface area contributed by atoms with Gasteiger partial charge >= 0.3 is 29.6 Å². The minimum atomic E-state index is 0.0956. The fourth-order valence-corrected chi connectivity index (χ4v) is 2.81. The van der Waals surface area contributed by atoms with Gasteiger partial charge in [-0.3, -0.25) is 9.59 Å².